The molecule has 29 heavy (non-hydrogen) atoms. The number of sulfonamides is 1. The van der Waals surface area contributed by atoms with Crippen molar-refractivity contribution in [3.63, 3.8) is 0 Å². The molecule has 0 spiro atoms. The monoisotopic (exact) mass is 443 g/mol. The molecule has 0 aliphatic carbocycles. The van der Waals surface area contributed by atoms with Crippen LogP contribution in [-0.2, 0) is 26.2 Å². The van der Waals surface area contributed by atoms with Crippen molar-refractivity contribution >= 4 is 33.5 Å². The van der Waals surface area contributed by atoms with E-state index in [1.165, 1.54) is 0 Å². The molecule has 1 aliphatic rings. The number of amides is 1. The Kier molecular flexibility index (Phi) is 6.30. The first kappa shape index (κ1) is 21.0. The van der Waals surface area contributed by atoms with Crippen LogP contribution in [0.2, 0.25) is 5.02 Å². The normalized spacial score (nSPS) is 13.6. The van der Waals surface area contributed by atoms with Gasteiger partial charge >= 0.3 is 5.97 Å². The lowest BCUT2D eigenvalue weighted by Gasteiger charge is -2.12. The van der Waals surface area contributed by atoms with Crippen LogP contribution in [0.15, 0.2) is 29.3 Å². The minimum Gasteiger partial charge on any atom is -0.489 e. The number of rotatable bonds is 7. The van der Waals surface area contributed by atoms with Crippen molar-refractivity contribution in [2.45, 2.75) is 17.9 Å². The second kappa shape index (κ2) is 8.72. The molecule has 1 amide bonds. The molecule has 0 bridgehead atoms. The number of halogens is 1. The number of primary amides is 1. The largest absolute Gasteiger partial charge is 0.489 e. The van der Waals surface area contributed by atoms with Crippen LogP contribution in [0.5, 0.6) is 11.5 Å². The van der Waals surface area contributed by atoms with Gasteiger partial charge in [-0.05, 0) is 23.8 Å². The lowest BCUT2D eigenvalue weighted by atomic mass is 10.2. The first-order valence-corrected chi connectivity index (χ1v) is 10.3. The summed E-state index contributed by atoms with van der Waals surface area (Å²) in [5, 5.41) is 0.328. The fourth-order valence-corrected chi connectivity index (χ4v) is 3.74. The fourth-order valence-electron chi connectivity index (χ4n) is 2.49. The van der Waals surface area contributed by atoms with E-state index in [0.29, 0.717) is 35.3 Å². The number of aromatic amines is 1. The smallest absolute Gasteiger partial charge is 0.321 e. The van der Waals surface area contributed by atoms with Gasteiger partial charge < -0.3 is 24.9 Å². The molecule has 0 saturated carbocycles. The number of hydrogen-bond donors (Lipinski definition) is 3. The predicted octanol–water partition coefficient (Wildman–Crippen LogP) is 0.950. The van der Waals surface area contributed by atoms with Gasteiger partial charge in [0.25, 0.3) is 5.91 Å². The second-order valence-electron chi connectivity index (χ2n) is 6.05. The lowest BCUT2D eigenvalue weighted by molar-refractivity contribution is -0.143. The highest BCUT2D eigenvalue weighted by atomic mass is 35.5. The van der Waals surface area contributed by atoms with Crippen LogP contribution in [0.1, 0.15) is 22.5 Å². The summed E-state index contributed by atoms with van der Waals surface area (Å²) in [6, 6.07) is 4.29. The van der Waals surface area contributed by atoms with E-state index in [1.54, 1.807) is 12.1 Å². The Balaban J connectivity index is 1.56. The van der Waals surface area contributed by atoms with Crippen LogP contribution in [-0.4, -0.2) is 45.0 Å². The average Bonchev–Trinajstić information content (AvgIpc) is 3.06. The Morgan fingerprint density at radius 3 is 2.72 bits per heavy atom. The molecule has 4 N–H and O–H groups in total. The Morgan fingerprint density at radius 1 is 1.24 bits per heavy atom. The van der Waals surface area contributed by atoms with Crippen molar-refractivity contribution < 1.29 is 32.2 Å². The van der Waals surface area contributed by atoms with Crippen LogP contribution < -0.4 is 19.9 Å². The molecule has 0 saturated heterocycles. The molecule has 0 unspecified atom stereocenters. The van der Waals surface area contributed by atoms with E-state index in [9.17, 15) is 18.0 Å². The number of nitrogens with two attached hydrogens (primary N) is 1. The van der Waals surface area contributed by atoms with Gasteiger partial charge in [-0.2, -0.15) is 4.72 Å². The zero-order chi connectivity index (χ0) is 21.0. The Bertz CT molecular complexity index is 1040. The van der Waals surface area contributed by atoms with E-state index >= 15 is 0 Å². The van der Waals surface area contributed by atoms with Gasteiger partial charge in [-0.25, -0.2) is 8.42 Å². The number of hydrogen-bond acceptors (Lipinski definition) is 7. The maximum atomic E-state index is 12.1. The second-order valence-corrected chi connectivity index (χ2v) is 8.23. The standard InChI is InChI=1S/C17H18ClN3O7S/c18-12-4-10(5-14-16(12)27-3-1-2-26-14)9-28-15(22)8-21-29(24,25)11-6-13(17(19)23)20-7-11/h4-7,20-21H,1-3,8-9H2,(H2,19,23). The number of ether oxygens (including phenoxy) is 3. The van der Waals surface area contributed by atoms with Crippen LogP contribution >= 0.6 is 11.6 Å². The average molecular weight is 444 g/mol. The molecule has 1 aromatic heterocycles. The number of carbonyl (C=O) groups is 2. The summed E-state index contributed by atoms with van der Waals surface area (Å²) >= 11 is 6.18. The molecule has 1 aromatic carbocycles. The summed E-state index contributed by atoms with van der Waals surface area (Å²) in [6.07, 6.45) is 1.81. The van der Waals surface area contributed by atoms with Gasteiger partial charge in [-0.1, -0.05) is 11.6 Å². The predicted molar refractivity (Wildman–Crippen MR) is 101 cm³/mol. The summed E-state index contributed by atoms with van der Waals surface area (Å²) in [4.78, 5) is 25.2. The third kappa shape index (κ3) is 5.19. The maximum absolute atomic E-state index is 12.1. The molecule has 1 aliphatic heterocycles. The molecule has 2 aromatic rings. The van der Waals surface area contributed by atoms with E-state index in [4.69, 9.17) is 31.5 Å². The Morgan fingerprint density at radius 2 is 2.00 bits per heavy atom. The third-order valence-electron chi connectivity index (χ3n) is 3.90. The summed E-state index contributed by atoms with van der Waals surface area (Å²) in [5.74, 6) is -0.713. The number of nitrogens with one attached hydrogen (secondary N) is 2. The van der Waals surface area contributed by atoms with Crippen LogP contribution in [0.3, 0.4) is 0 Å². The van der Waals surface area contributed by atoms with E-state index < -0.39 is 28.4 Å². The Labute approximate surface area is 171 Å². The van der Waals surface area contributed by atoms with Gasteiger partial charge in [0, 0.05) is 12.6 Å². The Hall–Kier alpha value is -2.76. The van der Waals surface area contributed by atoms with Gasteiger partial charge in [0.15, 0.2) is 11.5 Å². The molecule has 0 radical (unpaired) electrons. The number of aromatic nitrogens is 1. The van der Waals surface area contributed by atoms with Crippen molar-refractivity contribution in [1.82, 2.24) is 9.71 Å². The van der Waals surface area contributed by atoms with Crippen molar-refractivity contribution in [3.05, 3.63) is 40.7 Å². The van der Waals surface area contributed by atoms with Crippen molar-refractivity contribution in [2.75, 3.05) is 19.8 Å². The highest BCUT2D eigenvalue weighted by Gasteiger charge is 2.20. The third-order valence-corrected chi connectivity index (χ3v) is 5.56. The van der Waals surface area contributed by atoms with E-state index in [0.717, 1.165) is 18.7 Å². The van der Waals surface area contributed by atoms with Crippen LogP contribution in [0, 0.1) is 0 Å². The zero-order valence-electron chi connectivity index (χ0n) is 15.1. The number of H-pyrrole nitrogens is 1. The topological polar surface area (TPSA) is 150 Å². The summed E-state index contributed by atoms with van der Waals surface area (Å²) in [7, 11) is -4.02. The fraction of sp³-hybridized carbons (Fsp3) is 0.294. The van der Waals surface area contributed by atoms with Gasteiger partial charge in [0.05, 0.1) is 18.2 Å². The molecule has 2 heterocycles. The summed E-state index contributed by atoms with van der Waals surface area (Å²) in [5.41, 5.74) is 5.56. The minimum atomic E-state index is -4.02. The maximum Gasteiger partial charge on any atom is 0.321 e. The van der Waals surface area contributed by atoms with Crippen molar-refractivity contribution in [1.29, 1.82) is 0 Å². The van der Waals surface area contributed by atoms with Gasteiger partial charge in [0.2, 0.25) is 10.0 Å². The van der Waals surface area contributed by atoms with Crippen LogP contribution in [0.25, 0.3) is 0 Å². The number of esters is 1. The van der Waals surface area contributed by atoms with Gasteiger partial charge in [-0.15, -0.1) is 0 Å². The number of carbonyl (C=O) groups excluding carboxylic acids is 2. The molecule has 0 atom stereocenters. The van der Waals surface area contributed by atoms with E-state index in [2.05, 4.69) is 9.71 Å². The van der Waals surface area contributed by atoms with Crippen molar-refractivity contribution in [3.8, 4) is 11.5 Å². The molecule has 0 fully saturated rings. The van der Waals surface area contributed by atoms with E-state index in [-0.39, 0.29) is 17.2 Å². The highest BCUT2D eigenvalue weighted by Crippen LogP contribution is 2.38. The first-order valence-electron chi connectivity index (χ1n) is 8.48. The lowest BCUT2D eigenvalue weighted by Crippen LogP contribution is -2.30. The van der Waals surface area contributed by atoms with Gasteiger partial charge in [-0.3, -0.25) is 9.59 Å². The highest BCUT2D eigenvalue weighted by molar-refractivity contribution is 7.89. The molecule has 156 valence electrons. The SMILES string of the molecule is NC(=O)c1cc(S(=O)(=O)NCC(=O)OCc2cc(Cl)c3c(c2)OCCCO3)c[nH]1. The molecule has 12 heteroatoms. The molecular weight excluding hydrogens is 426 g/mol. The minimum absolute atomic E-state index is 0.0701. The van der Waals surface area contributed by atoms with Gasteiger partial charge in [0.1, 0.15) is 23.7 Å². The molecule has 10 nitrogen and oxygen atoms in total. The summed E-state index contributed by atoms with van der Waals surface area (Å²) in [6.45, 7) is 0.235. The van der Waals surface area contributed by atoms with E-state index in [1.807, 2.05) is 0 Å². The zero-order valence-corrected chi connectivity index (χ0v) is 16.6. The molecular formula is C17H18ClN3O7S. The first-order chi connectivity index (χ1) is 13.8. The number of fused-ring (bicyclic) bond motifs is 1. The molecule has 3 rings (SSSR count). The van der Waals surface area contributed by atoms with Crippen LogP contribution in [0.4, 0.5) is 0 Å². The summed E-state index contributed by atoms with van der Waals surface area (Å²) < 4.78 is 42.5. The quantitative estimate of drug-likeness (QED) is 0.539. The van der Waals surface area contributed by atoms with Crippen molar-refractivity contribution in [2.24, 2.45) is 5.73 Å². The number of benzene rings is 1.